The van der Waals surface area contributed by atoms with Gasteiger partial charge in [0.2, 0.25) is 0 Å². The van der Waals surface area contributed by atoms with Crippen molar-refractivity contribution in [2.75, 3.05) is 33.8 Å². The third-order valence-electron chi connectivity index (χ3n) is 3.72. The van der Waals surface area contributed by atoms with Crippen LogP contribution in [0.3, 0.4) is 0 Å². The maximum Gasteiger partial charge on any atom is 0.272 e. The molecule has 5 heteroatoms. The average molecular weight is 263 g/mol. The number of aliphatic hydroxyl groups is 1. The number of hydrogen-bond donors (Lipinski definition) is 1. The molecule has 1 aromatic rings. The predicted molar refractivity (Wildman–Crippen MR) is 72.9 cm³/mol. The molecule has 1 aromatic heterocycles. The van der Waals surface area contributed by atoms with E-state index in [9.17, 15) is 9.90 Å². The first-order valence-corrected chi connectivity index (χ1v) is 6.52. The number of aliphatic hydroxyl groups excluding tert-OH is 1. The molecule has 5 nitrogen and oxygen atoms in total. The standard InChI is InChI=1S/C14H21N3O2/c1-10-4-5-12(15-6-10)14(19)17-7-11(9-18)13(8-17)16(2)3/h4-6,11,13,18H,7-9H2,1-3H3/t11-,13+/m0/s1. The molecule has 1 fully saturated rings. The Bertz CT molecular complexity index is 445. The van der Waals surface area contributed by atoms with Gasteiger partial charge in [-0.1, -0.05) is 6.07 Å². The Morgan fingerprint density at radius 1 is 1.47 bits per heavy atom. The van der Waals surface area contributed by atoms with E-state index in [1.165, 1.54) is 0 Å². The third-order valence-corrected chi connectivity index (χ3v) is 3.72. The molecule has 1 aliphatic rings. The van der Waals surface area contributed by atoms with E-state index in [4.69, 9.17) is 0 Å². The summed E-state index contributed by atoms with van der Waals surface area (Å²) < 4.78 is 0. The van der Waals surface area contributed by atoms with Crippen molar-refractivity contribution in [3.05, 3.63) is 29.6 Å². The summed E-state index contributed by atoms with van der Waals surface area (Å²) in [6, 6.07) is 3.86. The minimum Gasteiger partial charge on any atom is -0.396 e. The van der Waals surface area contributed by atoms with Gasteiger partial charge in [0, 0.05) is 37.9 Å². The monoisotopic (exact) mass is 263 g/mol. The number of aryl methyl sites for hydroxylation is 1. The van der Waals surface area contributed by atoms with Gasteiger partial charge in [0.15, 0.2) is 0 Å². The second kappa shape index (κ2) is 5.67. The van der Waals surface area contributed by atoms with Crippen molar-refractivity contribution in [3.63, 3.8) is 0 Å². The molecule has 0 unspecified atom stereocenters. The average Bonchev–Trinajstić information content (AvgIpc) is 2.83. The highest BCUT2D eigenvalue weighted by Crippen LogP contribution is 2.21. The number of likely N-dealkylation sites (tertiary alicyclic amines) is 1. The third kappa shape index (κ3) is 2.93. The Morgan fingerprint density at radius 3 is 2.68 bits per heavy atom. The van der Waals surface area contributed by atoms with E-state index in [-0.39, 0.29) is 24.5 Å². The van der Waals surface area contributed by atoms with Gasteiger partial charge in [-0.05, 0) is 32.6 Å². The summed E-state index contributed by atoms with van der Waals surface area (Å²) in [6.07, 6.45) is 1.70. The minimum absolute atomic E-state index is 0.0530. The smallest absolute Gasteiger partial charge is 0.272 e. The molecule has 1 N–H and O–H groups in total. The molecule has 2 rings (SSSR count). The van der Waals surface area contributed by atoms with Crippen LogP contribution in [0.5, 0.6) is 0 Å². The molecule has 1 amide bonds. The van der Waals surface area contributed by atoms with Crippen molar-refractivity contribution in [2.24, 2.45) is 5.92 Å². The fourth-order valence-electron chi connectivity index (χ4n) is 2.54. The number of aromatic nitrogens is 1. The molecule has 19 heavy (non-hydrogen) atoms. The first-order valence-electron chi connectivity index (χ1n) is 6.52. The van der Waals surface area contributed by atoms with E-state index in [1.807, 2.05) is 27.1 Å². The number of carbonyl (C=O) groups is 1. The molecule has 0 aliphatic carbocycles. The summed E-state index contributed by atoms with van der Waals surface area (Å²) in [5.74, 6) is 0.0622. The molecular weight excluding hydrogens is 242 g/mol. The van der Waals surface area contributed by atoms with Gasteiger partial charge >= 0.3 is 0 Å². The zero-order valence-electron chi connectivity index (χ0n) is 11.7. The largest absolute Gasteiger partial charge is 0.396 e. The lowest BCUT2D eigenvalue weighted by atomic mass is 10.0. The number of amides is 1. The van der Waals surface area contributed by atoms with Crippen molar-refractivity contribution in [1.82, 2.24) is 14.8 Å². The normalized spacial score (nSPS) is 23.1. The number of hydrogen-bond acceptors (Lipinski definition) is 4. The topological polar surface area (TPSA) is 56.7 Å². The van der Waals surface area contributed by atoms with Gasteiger partial charge < -0.3 is 14.9 Å². The van der Waals surface area contributed by atoms with E-state index < -0.39 is 0 Å². The molecule has 2 atom stereocenters. The molecule has 0 aromatic carbocycles. The van der Waals surface area contributed by atoms with E-state index in [0.717, 1.165) is 5.56 Å². The fraction of sp³-hybridized carbons (Fsp3) is 0.571. The molecule has 0 spiro atoms. The maximum atomic E-state index is 12.4. The van der Waals surface area contributed by atoms with Gasteiger partial charge in [-0.3, -0.25) is 9.78 Å². The maximum absolute atomic E-state index is 12.4. The quantitative estimate of drug-likeness (QED) is 0.857. The Labute approximate surface area is 113 Å². The number of rotatable bonds is 3. The van der Waals surface area contributed by atoms with E-state index in [0.29, 0.717) is 18.8 Å². The highest BCUT2D eigenvalue weighted by molar-refractivity contribution is 5.92. The predicted octanol–water partition coefficient (Wildman–Crippen LogP) is 0.385. The van der Waals surface area contributed by atoms with Crippen LogP contribution in [0.25, 0.3) is 0 Å². The SMILES string of the molecule is Cc1ccc(C(=O)N2C[C@@H](CO)[C@H](N(C)C)C2)nc1. The van der Waals surface area contributed by atoms with E-state index in [2.05, 4.69) is 9.88 Å². The van der Waals surface area contributed by atoms with Crippen molar-refractivity contribution < 1.29 is 9.90 Å². The van der Waals surface area contributed by atoms with Gasteiger partial charge in [-0.2, -0.15) is 0 Å². The molecule has 1 aliphatic heterocycles. The number of nitrogens with zero attached hydrogens (tertiary/aromatic N) is 3. The summed E-state index contributed by atoms with van der Waals surface area (Å²) in [4.78, 5) is 20.4. The Hall–Kier alpha value is -1.46. The van der Waals surface area contributed by atoms with Crippen LogP contribution in [-0.2, 0) is 0 Å². The lowest BCUT2D eigenvalue weighted by Crippen LogP contribution is -2.37. The van der Waals surface area contributed by atoms with Crippen LogP contribution < -0.4 is 0 Å². The first-order chi connectivity index (χ1) is 9.02. The highest BCUT2D eigenvalue weighted by atomic mass is 16.3. The van der Waals surface area contributed by atoms with Crippen molar-refractivity contribution in [3.8, 4) is 0 Å². The molecule has 0 saturated carbocycles. The molecule has 0 radical (unpaired) electrons. The van der Waals surface area contributed by atoms with Crippen LogP contribution in [0, 0.1) is 12.8 Å². The molecular formula is C14H21N3O2. The first kappa shape index (κ1) is 14.0. The van der Waals surface area contributed by atoms with Gasteiger partial charge in [0.05, 0.1) is 0 Å². The van der Waals surface area contributed by atoms with Gasteiger partial charge in [0.1, 0.15) is 5.69 Å². The van der Waals surface area contributed by atoms with Crippen LogP contribution in [0.1, 0.15) is 16.1 Å². The summed E-state index contributed by atoms with van der Waals surface area (Å²) in [7, 11) is 3.96. The number of likely N-dealkylation sites (N-methyl/N-ethyl adjacent to an activating group) is 1. The van der Waals surface area contributed by atoms with Crippen LogP contribution in [0.4, 0.5) is 0 Å². The Balaban J connectivity index is 2.11. The zero-order valence-corrected chi connectivity index (χ0v) is 11.7. The Kier molecular flexibility index (Phi) is 4.17. The molecule has 1 saturated heterocycles. The van der Waals surface area contributed by atoms with Gasteiger partial charge in [0.25, 0.3) is 5.91 Å². The number of carbonyl (C=O) groups excluding carboxylic acids is 1. The second-order valence-electron chi connectivity index (χ2n) is 5.40. The summed E-state index contributed by atoms with van der Waals surface area (Å²) >= 11 is 0. The van der Waals surface area contributed by atoms with Crippen molar-refractivity contribution in [2.45, 2.75) is 13.0 Å². The van der Waals surface area contributed by atoms with Gasteiger partial charge in [-0.15, -0.1) is 0 Å². The van der Waals surface area contributed by atoms with Crippen molar-refractivity contribution in [1.29, 1.82) is 0 Å². The highest BCUT2D eigenvalue weighted by Gasteiger charge is 2.36. The lowest BCUT2D eigenvalue weighted by Gasteiger charge is -2.23. The summed E-state index contributed by atoms with van der Waals surface area (Å²) in [6.45, 7) is 3.29. The molecule has 104 valence electrons. The van der Waals surface area contributed by atoms with Gasteiger partial charge in [-0.25, -0.2) is 0 Å². The fourth-order valence-corrected chi connectivity index (χ4v) is 2.54. The van der Waals surface area contributed by atoms with Crippen molar-refractivity contribution >= 4 is 5.91 Å². The van der Waals surface area contributed by atoms with E-state index >= 15 is 0 Å². The zero-order chi connectivity index (χ0) is 14.0. The molecule has 0 bridgehead atoms. The van der Waals surface area contributed by atoms with E-state index in [1.54, 1.807) is 17.2 Å². The Morgan fingerprint density at radius 2 is 2.21 bits per heavy atom. The number of pyridine rings is 1. The van der Waals surface area contributed by atoms with Crippen LogP contribution in [0.15, 0.2) is 18.3 Å². The minimum atomic E-state index is -0.0530. The summed E-state index contributed by atoms with van der Waals surface area (Å²) in [5, 5.41) is 9.41. The molecule has 2 heterocycles. The van der Waals surface area contributed by atoms with Crippen LogP contribution in [0.2, 0.25) is 0 Å². The van der Waals surface area contributed by atoms with Crippen LogP contribution >= 0.6 is 0 Å². The van der Waals surface area contributed by atoms with Crippen LogP contribution in [-0.4, -0.2) is 65.6 Å². The summed E-state index contributed by atoms with van der Waals surface area (Å²) in [5.41, 5.74) is 1.51. The lowest BCUT2D eigenvalue weighted by molar-refractivity contribution is 0.0773. The second-order valence-corrected chi connectivity index (χ2v) is 5.40.